The zero-order chi connectivity index (χ0) is 14.8. The number of carbonyl (C=O) groups is 1. The second-order valence-corrected chi connectivity index (χ2v) is 4.86. The van der Waals surface area contributed by atoms with Gasteiger partial charge < -0.3 is 5.11 Å². The number of phenolic OH excluding ortho intramolecular Hbond substituents is 1. The van der Waals surface area contributed by atoms with Crippen LogP contribution in [0.2, 0.25) is 0 Å². The molecule has 0 radical (unpaired) electrons. The summed E-state index contributed by atoms with van der Waals surface area (Å²) in [6.45, 7) is 13.7. The largest absolute Gasteiger partial charge is 0.508 e. The quantitative estimate of drug-likeness (QED) is 0.784. The summed E-state index contributed by atoms with van der Waals surface area (Å²) >= 11 is 0. The average Bonchev–Trinajstić information content (AvgIpc) is 2.34. The Hall–Kier alpha value is -1.31. The standard InChI is InChI=1S/C7H8O.C7H14O.C2H6/c1-6-2-4-7(8)5-3-6;1-5-6(8)7(2,3)4;1-2/h2-5,8H,1H3;5H2,1-4H3;1-2H3. The lowest BCUT2D eigenvalue weighted by molar-refractivity contribution is -0.125. The summed E-state index contributed by atoms with van der Waals surface area (Å²) in [6.07, 6.45) is 0.656. The molecule has 0 fully saturated rings. The summed E-state index contributed by atoms with van der Waals surface area (Å²) in [5, 5.41) is 8.76. The van der Waals surface area contributed by atoms with Gasteiger partial charge in [0.1, 0.15) is 11.5 Å². The van der Waals surface area contributed by atoms with Crippen LogP contribution in [0.25, 0.3) is 0 Å². The van der Waals surface area contributed by atoms with Crippen LogP contribution in [0.15, 0.2) is 24.3 Å². The zero-order valence-corrected chi connectivity index (χ0v) is 12.9. The van der Waals surface area contributed by atoms with Crippen LogP contribution in [0.1, 0.15) is 53.5 Å². The summed E-state index contributed by atoms with van der Waals surface area (Å²) in [5.41, 5.74) is 1.04. The minimum Gasteiger partial charge on any atom is -0.508 e. The van der Waals surface area contributed by atoms with E-state index in [1.165, 1.54) is 5.56 Å². The number of benzene rings is 1. The number of hydrogen-bond donors (Lipinski definition) is 1. The van der Waals surface area contributed by atoms with Crippen molar-refractivity contribution in [3.63, 3.8) is 0 Å². The fourth-order valence-corrected chi connectivity index (χ4v) is 1.08. The van der Waals surface area contributed by atoms with Crippen molar-refractivity contribution in [3.05, 3.63) is 29.8 Å². The van der Waals surface area contributed by atoms with Crippen LogP contribution in [-0.4, -0.2) is 10.9 Å². The van der Waals surface area contributed by atoms with Crippen molar-refractivity contribution in [2.75, 3.05) is 0 Å². The number of ketones is 1. The van der Waals surface area contributed by atoms with Crippen LogP contribution < -0.4 is 0 Å². The van der Waals surface area contributed by atoms with Crippen LogP contribution in [0.5, 0.6) is 5.75 Å². The first-order chi connectivity index (χ1) is 8.27. The van der Waals surface area contributed by atoms with Crippen molar-refractivity contribution >= 4 is 5.78 Å². The van der Waals surface area contributed by atoms with Gasteiger partial charge >= 0.3 is 0 Å². The van der Waals surface area contributed by atoms with E-state index in [4.69, 9.17) is 5.11 Å². The Morgan fingerprint density at radius 3 is 1.67 bits per heavy atom. The molecule has 0 spiro atoms. The molecule has 104 valence electrons. The molecular formula is C16H28O2. The number of rotatable bonds is 1. The third-order valence-corrected chi connectivity index (χ3v) is 2.19. The molecule has 1 rings (SSSR count). The topological polar surface area (TPSA) is 37.3 Å². The third kappa shape index (κ3) is 9.88. The van der Waals surface area contributed by atoms with Gasteiger partial charge in [0.05, 0.1) is 0 Å². The second-order valence-electron chi connectivity index (χ2n) is 4.86. The van der Waals surface area contributed by atoms with E-state index >= 15 is 0 Å². The number of aryl methyl sites for hydroxylation is 1. The van der Waals surface area contributed by atoms with Crippen molar-refractivity contribution in [2.24, 2.45) is 5.41 Å². The predicted molar refractivity (Wildman–Crippen MR) is 78.9 cm³/mol. The summed E-state index contributed by atoms with van der Waals surface area (Å²) in [6, 6.07) is 7.09. The van der Waals surface area contributed by atoms with Crippen LogP contribution in [0, 0.1) is 12.3 Å². The van der Waals surface area contributed by atoms with E-state index in [1.54, 1.807) is 12.1 Å². The fraction of sp³-hybridized carbons (Fsp3) is 0.562. The monoisotopic (exact) mass is 252 g/mol. The van der Waals surface area contributed by atoms with Crippen molar-refractivity contribution in [1.29, 1.82) is 0 Å². The average molecular weight is 252 g/mol. The number of hydrogen-bond acceptors (Lipinski definition) is 2. The van der Waals surface area contributed by atoms with Gasteiger partial charge in [-0.25, -0.2) is 0 Å². The van der Waals surface area contributed by atoms with Gasteiger partial charge in [-0.2, -0.15) is 0 Å². The zero-order valence-electron chi connectivity index (χ0n) is 12.9. The maximum absolute atomic E-state index is 10.8. The molecule has 1 aromatic rings. The Labute approximate surface area is 112 Å². The molecule has 0 aromatic heterocycles. The van der Waals surface area contributed by atoms with E-state index in [0.717, 1.165) is 0 Å². The minimum atomic E-state index is -0.130. The highest BCUT2D eigenvalue weighted by Crippen LogP contribution is 2.15. The Kier molecular flexibility index (Phi) is 10.3. The molecule has 0 heterocycles. The Bertz CT molecular complexity index is 297. The van der Waals surface area contributed by atoms with Gasteiger partial charge in [-0.3, -0.25) is 4.79 Å². The van der Waals surface area contributed by atoms with Gasteiger partial charge in [-0.05, 0) is 19.1 Å². The first-order valence-electron chi connectivity index (χ1n) is 6.56. The van der Waals surface area contributed by atoms with Crippen molar-refractivity contribution in [2.45, 2.75) is 54.9 Å². The number of Topliss-reactive ketones (excluding diaryl/α,β-unsaturated/α-hetero) is 1. The van der Waals surface area contributed by atoms with E-state index < -0.39 is 0 Å². The lowest BCUT2D eigenvalue weighted by atomic mass is 9.90. The van der Waals surface area contributed by atoms with Gasteiger partial charge in [-0.1, -0.05) is 59.2 Å². The number of carbonyl (C=O) groups excluding carboxylic acids is 1. The van der Waals surface area contributed by atoms with Crippen LogP contribution >= 0.6 is 0 Å². The maximum atomic E-state index is 10.8. The molecule has 1 aromatic carbocycles. The maximum Gasteiger partial charge on any atom is 0.137 e. The van der Waals surface area contributed by atoms with Gasteiger partial charge in [-0.15, -0.1) is 0 Å². The molecule has 0 saturated carbocycles. The lowest BCUT2D eigenvalue weighted by Gasteiger charge is -2.13. The Balaban J connectivity index is 0. The molecule has 0 saturated heterocycles. The second kappa shape index (κ2) is 9.69. The molecule has 2 nitrogen and oxygen atoms in total. The molecular weight excluding hydrogens is 224 g/mol. The Morgan fingerprint density at radius 1 is 1.11 bits per heavy atom. The van der Waals surface area contributed by atoms with Crippen LogP contribution in [0.4, 0.5) is 0 Å². The SMILES string of the molecule is CC.CCC(=O)C(C)(C)C.Cc1ccc(O)cc1. The van der Waals surface area contributed by atoms with Crippen LogP contribution in [0.3, 0.4) is 0 Å². The number of aromatic hydroxyl groups is 1. The molecule has 0 aliphatic rings. The smallest absolute Gasteiger partial charge is 0.137 e. The molecule has 18 heavy (non-hydrogen) atoms. The molecule has 0 aliphatic heterocycles. The van der Waals surface area contributed by atoms with Crippen molar-refractivity contribution in [3.8, 4) is 5.75 Å². The highest BCUT2D eigenvalue weighted by Gasteiger charge is 2.17. The van der Waals surface area contributed by atoms with Gasteiger partial charge in [0.15, 0.2) is 0 Å². The summed E-state index contributed by atoms with van der Waals surface area (Å²) in [4.78, 5) is 10.8. The highest BCUT2D eigenvalue weighted by molar-refractivity contribution is 5.83. The molecule has 0 unspecified atom stereocenters. The van der Waals surface area contributed by atoms with E-state index in [9.17, 15) is 4.79 Å². The van der Waals surface area contributed by atoms with Crippen molar-refractivity contribution in [1.82, 2.24) is 0 Å². The highest BCUT2D eigenvalue weighted by atomic mass is 16.3. The van der Waals surface area contributed by atoms with Gasteiger partial charge in [0.25, 0.3) is 0 Å². The lowest BCUT2D eigenvalue weighted by Crippen LogP contribution is -2.18. The number of phenols is 1. The summed E-state index contributed by atoms with van der Waals surface area (Å²) in [5.74, 6) is 0.660. The van der Waals surface area contributed by atoms with E-state index in [0.29, 0.717) is 18.0 Å². The summed E-state index contributed by atoms with van der Waals surface area (Å²) < 4.78 is 0. The van der Waals surface area contributed by atoms with Gasteiger partial charge in [0, 0.05) is 11.8 Å². The molecule has 0 amide bonds. The van der Waals surface area contributed by atoms with E-state index in [2.05, 4.69) is 0 Å². The molecule has 2 heteroatoms. The minimum absolute atomic E-state index is 0.130. The molecule has 0 bridgehead atoms. The predicted octanol–water partition coefficient (Wildman–Crippen LogP) is 4.74. The first-order valence-corrected chi connectivity index (χ1v) is 6.56. The molecule has 0 aliphatic carbocycles. The third-order valence-electron chi connectivity index (χ3n) is 2.19. The normalized spacial score (nSPS) is 9.50. The fourth-order valence-electron chi connectivity index (χ4n) is 1.08. The Morgan fingerprint density at radius 2 is 1.50 bits per heavy atom. The van der Waals surface area contributed by atoms with E-state index in [1.807, 2.05) is 60.6 Å². The van der Waals surface area contributed by atoms with E-state index in [-0.39, 0.29) is 5.41 Å². The van der Waals surface area contributed by atoms with Crippen LogP contribution in [-0.2, 0) is 4.79 Å². The summed E-state index contributed by atoms with van der Waals surface area (Å²) in [7, 11) is 0. The van der Waals surface area contributed by atoms with Crippen molar-refractivity contribution < 1.29 is 9.90 Å². The first kappa shape index (κ1) is 19.0. The molecule has 0 atom stereocenters. The van der Waals surface area contributed by atoms with Gasteiger partial charge in [0.2, 0.25) is 0 Å². The molecule has 1 N–H and O–H groups in total.